The molecule has 6 nitrogen and oxygen atoms in total. The lowest BCUT2D eigenvalue weighted by molar-refractivity contribution is 0.0539. The Balaban J connectivity index is 2.23. The Bertz CT molecular complexity index is 697. The van der Waals surface area contributed by atoms with Gasteiger partial charge in [-0.2, -0.15) is 4.31 Å². The van der Waals surface area contributed by atoms with E-state index in [9.17, 15) is 13.2 Å². The summed E-state index contributed by atoms with van der Waals surface area (Å²) >= 11 is 0. The SMILES string of the molecule is CCN(CC1CCCO1)C(=O)c1cccc(S(=O)(=O)N(C)C(C)C)c1. The molecule has 1 heterocycles. The molecule has 1 amide bonds. The molecule has 7 heteroatoms. The maximum Gasteiger partial charge on any atom is 0.253 e. The minimum absolute atomic E-state index is 0.0721. The van der Waals surface area contributed by atoms with Gasteiger partial charge in [0, 0.05) is 38.3 Å². The van der Waals surface area contributed by atoms with Crippen LogP contribution in [-0.4, -0.2) is 62.4 Å². The number of hydrogen-bond donors (Lipinski definition) is 0. The van der Waals surface area contributed by atoms with Gasteiger partial charge in [0.2, 0.25) is 10.0 Å². The van der Waals surface area contributed by atoms with Gasteiger partial charge in [0.25, 0.3) is 5.91 Å². The molecule has 1 aromatic carbocycles. The molecule has 1 aromatic rings. The molecule has 1 aliphatic heterocycles. The fraction of sp³-hybridized carbons (Fsp3) is 0.611. The summed E-state index contributed by atoms with van der Waals surface area (Å²) in [7, 11) is -2.07. The van der Waals surface area contributed by atoms with Crippen LogP contribution in [0.25, 0.3) is 0 Å². The Morgan fingerprint density at radius 1 is 1.36 bits per heavy atom. The van der Waals surface area contributed by atoms with Gasteiger partial charge >= 0.3 is 0 Å². The third-order valence-corrected chi connectivity index (χ3v) is 6.63. The van der Waals surface area contributed by atoms with E-state index < -0.39 is 10.0 Å². The maximum absolute atomic E-state index is 12.8. The van der Waals surface area contributed by atoms with E-state index in [2.05, 4.69) is 0 Å². The summed E-state index contributed by atoms with van der Waals surface area (Å²) in [4.78, 5) is 14.7. The maximum atomic E-state index is 12.8. The molecule has 1 saturated heterocycles. The number of rotatable bonds is 7. The zero-order valence-corrected chi connectivity index (χ0v) is 16.3. The van der Waals surface area contributed by atoms with Crippen molar-refractivity contribution in [2.45, 2.75) is 50.7 Å². The average molecular weight is 368 g/mol. The fourth-order valence-electron chi connectivity index (χ4n) is 2.81. The van der Waals surface area contributed by atoms with Gasteiger partial charge in [-0.1, -0.05) is 6.07 Å². The Morgan fingerprint density at radius 2 is 2.08 bits per heavy atom. The quantitative estimate of drug-likeness (QED) is 0.741. The highest BCUT2D eigenvalue weighted by Gasteiger charge is 2.26. The van der Waals surface area contributed by atoms with Crippen LogP contribution in [0.1, 0.15) is 44.0 Å². The number of carbonyl (C=O) groups is 1. The number of nitrogens with zero attached hydrogens (tertiary/aromatic N) is 2. The van der Waals surface area contributed by atoms with E-state index >= 15 is 0 Å². The van der Waals surface area contributed by atoms with Crippen LogP contribution in [0.4, 0.5) is 0 Å². The summed E-state index contributed by atoms with van der Waals surface area (Å²) in [6, 6.07) is 6.12. The first-order chi connectivity index (χ1) is 11.8. The molecule has 0 bridgehead atoms. The summed E-state index contributed by atoms with van der Waals surface area (Å²) in [5.41, 5.74) is 0.387. The zero-order chi connectivity index (χ0) is 18.6. The van der Waals surface area contributed by atoms with Gasteiger partial charge in [0.15, 0.2) is 0 Å². The molecular weight excluding hydrogens is 340 g/mol. The van der Waals surface area contributed by atoms with Gasteiger partial charge in [0.1, 0.15) is 0 Å². The highest BCUT2D eigenvalue weighted by Crippen LogP contribution is 2.20. The molecule has 0 aliphatic carbocycles. The number of likely N-dealkylation sites (N-methyl/N-ethyl adjacent to an activating group) is 1. The second kappa shape index (κ2) is 8.29. The Hall–Kier alpha value is -1.44. The number of hydrogen-bond acceptors (Lipinski definition) is 4. The van der Waals surface area contributed by atoms with E-state index in [1.807, 2.05) is 20.8 Å². The van der Waals surface area contributed by atoms with Crippen molar-refractivity contribution >= 4 is 15.9 Å². The summed E-state index contributed by atoms with van der Waals surface area (Å²) in [6.45, 7) is 7.38. The molecule has 1 atom stereocenters. The molecule has 0 spiro atoms. The van der Waals surface area contributed by atoms with Crippen LogP contribution < -0.4 is 0 Å². The molecule has 0 N–H and O–H groups in total. The van der Waals surface area contributed by atoms with Gasteiger partial charge in [0.05, 0.1) is 11.0 Å². The predicted molar refractivity (Wildman–Crippen MR) is 97.1 cm³/mol. The smallest absolute Gasteiger partial charge is 0.253 e. The van der Waals surface area contributed by atoms with E-state index in [4.69, 9.17) is 4.74 Å². The molecule has 0 aromatic heterocycles. The van der Waals surface area contributed by atoms with E-state index in [-0.39, 0.29) is 22.9 Å². The van der Waals surface area contributed by atoms with Gasteiger partial charge in [-0.05, 0) is 51.8 Å². The third kappa shape index (κ3) is 4.59. The minimum Gasteiger partial charge on any atom is -0.376 e. The first-order valence-electron chi connectivity index (χ1n) is 8.76. The van der Waals surface area contributed by atoms with Crippen LogP contribution in [0, 0.1) is 0 Å². The highest BCUT2D eigenvalue weighted by atomic mass is 32.2. The Morgan fingerprint density at radius 3 is 2.64 bits per heavy atom. The zero-order valence-electron chi connectivity index (χ0n) is 15.4. The summed E-state index contributed by atoms with van der Waals surface area (Å²) < 4.78 is 32.2. The lowest BCUT2D eigenvalue weighted by atomic mass is 10.1. The van der Waals surface area contributed by atoms with Gasteiger partial charge in [-0.3, -0.25) is 4.79 Å². The second-order valence-corrected chi connectivity index (χ2v) is 8.62. The van der Waals surface area contributed by atoms with Crippen LogP contribution in [0.15, 0.2) is 29.2 Å². The fourth-order valence-corrected chi connectivity index (χ4v) is 4.22. The minimum atomic E-state index is -3.61. The van der Waals surface area contributed by atoms with Crippen molar-refractivity contribution in [2.75, 3.05) is 26.7 Å². The van der Waals surface area contributed by atoms with Crippen LogP contribution >= 0.6 is 0 Å². The molecule has 1 fully saturated rings. The number of carbonyl (C=O) groups excluding carboxylic acids is 1. The second-order valence-electron chi connectivity index (χ2n) is 6.62. The molecule has 140 valence electrons. The van der Waals surface area contributed by atoms with Crippen LogP contribution in [0.5, 0.6) is 0 Å². The largest absolute Gasteiger partial charge is 0.376 e. The van der Waals surface area contributed by atoms with Gasteiger partial charge in [-0.15, -0.1) is 0 Å². The number of sulfonamides is 1. The topological polar surface area (TPSA) is 66.9 Å². The molecule has 2 rings (SSSR count). The van der Waals surface area contributed by atoms with Crippen molar-refractivity contribution in [3.63, 3.8) is 0 Å². The number of amides is 1. The molecule has 0 radical (unpaired) electrons. The van der Waals surface area contributed by atoms with Crippen molar-refractivity contribution in [2.24, 2.45) is 0 Å². The van der Waals surface area contributed by atoms with Crippen LogP contribution in [0.3, 0.4) is 0 Å². The molecule has 0 saturated carbocycles. The van der Waals surface area contributed by atoms with Gasteiger partial charge in [-0.25, -0.2) is 8.42 Å². The predicted octanol–water partition coefficient (Wildman–Crippen LogP) is 2.36. The van der Waals surface area contributed by atoms with E-state index in [1.165, 1.54) is 16.4 Å². The van der Waals surface area contributed by atoms with Crippen LogP contribution in [-0.2, 0) is 14.8 Å². The van der Waals surface area contributed by atoms with Crippen molar-refractivity contribution < 1.29 is 17.9 Å². The van der Waals surface area contributed by atoms with Crippen molar-refractivity contribution in [1.29, 1.82) is 0 Å². The Kier molecular flexibility index (Phi) is 6.59. The van der Waals surface area contributed by atoms with E-state index in [1.54, 1.807) is 24.1 Å². The lowest BCUT2D eigenvalue weighted by Gasteiger charge is -2.25. The van der Waals surface area contributed by atoms with Crippen molar-refractivity contribution in [3.8, 4) is 0 Å². The lowest BCUT2D eigenvalue weighted by Crippen LogP contribution is -2.37. The molecular formula is C18H28N2O4S. The molecule has 25 heavy (non-hydrogen) atoms. The van der Waals surface area contributed by atoms with Crippen LogP contribution in [0.2, 0.25) is 0 Å². The van der Waals surface area contributed by atoms with E-state index in [0.717, 1.165) is 19.4 Å². The summed E-state index contributed by atoms with van der Waals surface area (Å²) in [5, 5.41) is 0. The van der Waals surface area contributed by atoms with Crippen molar-refractivity contribution in [3.05, 3.63) is 29.8 Å². The standard InChI is InChI=1S/C18H28N2O4S/c1-5-20(13-16-9-7-11-24-16)18(21)15-8-6-10-17(12-15)25(22,23)19(4)14(2)3/h6,8,10,12,14,16H,5,7,9,11,13H2,1-4H3. The normalized spacial score (nSPS) is 18.1. The summed E-state index contributed by atoms with van der Waals surface area (Å²) in [6.07, 6.45) is 2.05. The Labute approximate surface area is 150 Å². The number of ether oxygens (including phenoxy) is 1. The first-order valence-corrected chi connectivity index (χ1v) is 10.2. The number of benzene rings is 1. The van der Waals surface area contributed by atoms with E-state index in [0.29, 0.717) is 18.7 Å². The monoisotopic (exact) mass is 368 g/mol. The molecule has 1 aliphatic rings. The first kappa shape index (κ1) is 19.9. The highest BCUT2D eigenvalue weighted by molar-refractivity contribution is 7.89. The average Bonchev–Trinajstić information content (AvgIpc) is 3.11. The summed E-state index contributed by atoms with van der Waals surface area (Å²) in [5.74, 6) is -0.165. The third-order valence-electron chi connectivity index (χ3n) is 4.60. The van der Waals surface area contributed by atoms with Gasteiger partial charge < -0.3 is 9.64 Å². The van der Waals surface area contributed by atoms with Crippen molar-refractivity contribution in [1.82, 2.24) is 9.21 Å². The molecule has 1 unspecified atom stereocenters.